The summed E-state index contributed by atoms with van der Waals surface area (Å²) in [5, 5.41) is 1.54. The van der Waals surface area contributed by atoms with E-state index in [1.807, 2.05) is 19.9 Å². The molecule has 6 heteroatoms. The first-order valence-corrected chi connectivity index (χ1v) is 12.3. The molecule has 2 unspecified atom stereocenters. The van der Waals surface area contributed by atoms with Crippen LogP contribution < -0.4 is 4.90 Å². The highest BCUT2D eigenvalue weighted by atomic mass is 16.5. The van der Waals surface area contributed by atoms with Crippen LogP contribution in [0.1, 0.15) is 73.1 Å². The number of esters is 1. The SMILES string of the molecule is COC(=O)c1cc2oc3ccc(C=O)cc3c2cc1N(C(=O)C1CCC2CCC2CC1)C(C)C. The number of furan rings is 1. The molecule has 1 aromatic heterocycles. The standard InChI is InChI=1S/C28H31NO5/c1-16(2)29(27(31)20-9-7-18-5-6-19(18)8-10-20)24-13-22-21-12-17(15-30)4-11-25(21)34-26(22)14-23(24)28(32)33-3/h4,11-16,18-20H,5-10H2,1-3H3. The van der Waals surface area contributed by atoms with Crippen molar-refractivity contribution in [3.8, 4) is 0 Å². The minimum absolute atomic E-state index is 0.0445. The van der Waals surface area contributed by atoms with Crippen molar-refractivity contribution >= 4 is 45.8 Å². The number of ether oxygens (including phenoxy) is 1. The van der Waals surface area contributed by atoms with Crippen LogP contribution in [0.25, 0.3) is 21.9 Å². The molecule has 0 saturated heterocycles. The number of amides is 1. The zero-order chi connectivity index (χ0) is 24.0. The Bertz CT molecular complexity index is 1260. The molecular formula is C28H31NO5. The van der Waals surface area contributed by atoms with Gasteiger partial charge in [0.05, 0.1) is 18.4 Å². The van der Waals surface area contributed by atoms with E-state index in [1.54, 1.807) is 29.2 Å². The minimum atomic E-state index is -0.511. The number of nitrogens with zero attached hydrogens (tertiary/aromatic N) is 1. The molecule has 0 spiro atoms. The second-order valence-electron chi connectivity index (χ2n) is 10.1. The van der Waals surface area contributed by atoms with E-state index in [-0.39, 0.29) is 17.9 Å². The van der Waals surface area contributed by atoms with Gasteiger partial charge in [0.2, 0.25) is 5.91 Å². The van der Waals surface area contributed by atoms with Gasteiger partial charge in [0.1, 0.15) is 17.5 Å². The monoisotopic (exact) mass is 461 g/mol. The Labute approximate surface area is 199 Å². The van der Waals surface area contributed by atoms with Gasteiger partial charge < -0.3 is 14.1 Å². The van der Waals surface area contributed by atoms with Crippen molar-refractivity contribution < 1.29 is 23.5 Å². The van der Waals surface area contributed by atoms with Crippen LogP contribution >= 0.6 is 0 Å². The van der Waals surface area contributed by atoms with Crippen LogP contribution in [0.15, 0.2) is 34.7 Å². The molecule has 178 valence electrons. The maximum Gasteiger partial charge on any atom is 0.340 e. The first kappa shape index (κ1) is 22.6. The Hall–Kier alpha value is -3.15. The maximum atomic E-state index is 13.9. The van der Waals surface area contributed by atoms with Crippen LogP contribution in [0.4, 0.5) is 5.69 Å². The molecule has 0 bridgehead atoms. The highest BCUT2D eigenvalue weighted by Crippen LogP contribution is 2.45. The van der Waals surface area contributed by atoms with Gasteiger partial charge >= 0.3 is 5.97 Å². The van der Waals surface area contributed by atoms with Crippen LogP contribution in [0.5, 0.6) is 0 Å². The second kappa shape index (κ2) is 8.90. The smallest absolute Gasteiger partial charge is 0.340 e. The summed E-state index contributed by atoms with van der Waals surface area (Å²) < 4.78 is 11.1. The van der Waals surface area contributed by atoms with E-state index in [1.165, 1.54) is 20.0 Å². The van der Waals surface area contributed by atoms with Gasteiger partial charge in [-0.2, -0.15) is 0 Å². The number of benzene rings is 2. The van der Waals surface area contributed by atoms with Crippen LogP contribution in [0.2, 0.25) is 0 Å². The summed E-state index contributed by atoms with van der Waals surface area (Å²) in [5.74, 6) is 1.07. The number of hydrogen-bond donors (Lipinski definition) is 0. The number of aldehydes is 1. The number of carbonyl (C=O) groups excluding carboxylic acids is 3. The third-order valence-corrected chi connectivity index (χ3v) is 7.86. The van der Waals surface area contributed by atoms with Gasteiger partial charge in [-0.25, -0.2) is 4.79 Å². The molecule has 2 aromatic carbocycles. The van der Waals surface area contributed by atoms with E-state index in [2.05, 4.69) is 0 Å². The molecule has 3 aromatic rings. The minimum Gasteiger partial charge on any atom is -0.465 e. The summed E-state index contributed by atoms with van der Waals surface area (Å²) in [7, 11) is 1.34. The quantitative estimate of drug-likeness (QED) is 0.337. The first-order chi connectivity index (χ1) is 16.4. The van der Waals surface area contributed by atoms with Crippen molar-refractivity contribution in [1.82, 2.24) is 0 Å². The third kappa shape index (κ3) is 3.79. The average molecular weight is 462 g/mol. The topological polar surface area (TPSA) is 76.8 Å². The molecule has 0 N–H and O–H groups in total. The zero-order valence-electron chi connectivity index (χ0n) is 20.0. The fourth-order valence-electron chi connectivity index (χ4n) is 5.84. The molecule has 1 amide bonds. The second-order valence-corrected chi connectivity index (χ2v) is 10.1. The number of carbonyl (C=O) groups is 3. The molecule has 2 fully saturated rings. The normalized spacial score (nSPS) is 22.2. The molecule has 2 aliphatic carbocycles. The summed E-state index contributed by atoms with van der Waals surface area (Å²) in [6.45, 7) is 3.95. The molecular weight excluding hydrogens is 430 g/mol. The maximum absolute atomic E-state index is 13.9. The fraction of sp³-hybridized carbons (Fsp3) is 0.464. The lowest BCUT2D eigenvalue weighted by atomic mass is 9.71. The lowest BCUT2D eigenvalue weighted by molar-refractivity contribution is -0.123. The number of hydrogen-bond acceptors (Lipinski definition) is 5. The highest BCUT2D eigenvalue weighted by Gasteiger charge is 2.38. The molecule has 5 rings (SSSR count). The van der Waals surface area contributed by atoms with Gasteiger partial charge in [-0.3, -0.25) is 9.59 Å². The van der Waals surface area contributed by atoms with Gasteiger partial charge in [-0.05, 0) is 94.5 Å². The number of rotatable bonds is 5. The van der Waals surface area contributed by atoms with Crippen molar-refractivity contribution in [2.75, 3.05) is 12.0 Å². The fourth-order valence-corrected chi connectivity index (χ4v) is 5.84. The Kier molecular flexibility index (Phi) is 5.92. The molecule has 2 atom stereocenters. The number of methoxy groups -OCH3 is 1. The van der Waals surface area contributed by atoms with Gasteiger partial charge in [0.25, 0.3) is 0 Å². The predicted molar refractivity (Wildman–Crippen MR) is 131 cm³/mol. The summed E-state index contributed by atoms with van der Waals surface area (Å²) in [6.07, 6.45) is 7.39. The predicted octanol–water partition coefficient (Wildman–Crippen LogP) is 6.14. The van der Waals surface area contributed by atoms with E-state index < -0.39 is 5.97 Å². The van der Waals surface area contributed by atoms with Crippen molar-refractivity contribution in [3.63, 3.8) is 0 Å². The summed E-state index contributed by atoms with van der Waals surface area (Å²) in [4.78, 5) is 39.9. The van der Waals surface area contributed by atoms with Crippen LogP contribution in [-0.2, 0) is 9.53 Å². The van der Waals surface area contributed by atoms with E-state index in [4.69, 9.17) is 9.15 Å². The Balaban J connectivity index is 1.62. The average Bonchev–Trinajstić information content (AvgIpc) is 3.09. The molecule has 34 heavy (non-hydrogen) atoms. The molecule has 2 saturated carbocycles. The highest BCUT2D eigenvalue weighted by molar-refractivity contribution is 6.13. The van der Waals surface area contributed by atoms with Crippen molar-refractivity contribution in [2.24, 2.45) is 17.8 Å². The van der Waals surface area contributed by atoms with E-state index in [9.17, 15) is 14.4 Å². The van der Waals surface area contributed by atoms with Gasteiger partial charge in [-0.1, -0.05) is 0 Å². The zero-order valence-corrected chi connectivity index (χ0v) is 20.0. The van der Waals surface area contributed by atoms with Crippen molar-refractivity contribution in [3.05, 3.63) is 41.5 Å². The summed E-state index contributed by atoms with van der Waals surface area (Å²) in [6, 6.07) is 8.59. The van der Waals surface area contributed by atoms with E-state index >= 15 is 0 Å². The van der Waals surface area contributed by atoms with Crippen LogP contribution in [0.3, 0.4) is 0 Å². The molecule has 0 radical (unpaired) electrons. The van der Waals surface area contributed by atoms with Gasteiger partial charge in [-0.15, -0.1) is 0 Å². The lowest BCUT2D eigenvalue weighted by Crippen LogP contribution is -2.42. The van der Waals surface area contributed by atoms with Crippen molar-refractivity contribution in [1.29, 1.82) is 0 Å². The van der Waals surface area contributed by atoms with Crippen molar-refractivity contribution in [2.45, 2.75) is 58.4 Å². The third-order valence-electron chi connectivity index (χ3n) is 7.86. The van der Waals surface area contributed by atoms with Crippen LogP contribution in [0, 0.1) is 17.8 Å². The van der Waals surface area contributed by atoms with Gasteiger partial charge in [0, 0.05) is 28.3 Å². The molecule has 0 aliphatic heterocycles. The summed E-state index contributed by atoms with van der Waals surface area (Å²) in [5.41, 5.74) is 2.52. The van der Waals surface area contributed by atoms with Crippen LogP contribution in [-0.4, -0.2) is 31.3 Å². The van der Waals surface area contributed by atoms with E-state index in [0.29, 0.717) is 28.0 Å². The molecule has 1 heterocycles. The number of anilines is 1. The van der Waals surface area contributed by atoms with Gasteiger partial charge in [0.15, 0.2) is 0 Å². The molecule has 2 aliphatic rings. The van der Waals surface area contributed by atoms with E-state index in [0.717, 1.165) is 54.6 Å². The Morgan fingerprint density at radius 3 is 2.21 bits per heavy atom. The number of fused-ring (bicyclic) bond motifs is 4. The first-order valence-electron chi connectivity index (χ1n) is 12.3. The lowest BCUT2D eigenvalue weighted by Gasteiger charge is -2.35. The Morgan fingerprint density at radius 2 is 1.62 bits per heavy atom. The molecule has 6 nitrogen and oxygen atoms in total. The summed E-state index contributed by atoms with van der Waals surface area (Å²) >= 11 is 0. The Morgan fingerprint density at radius 1 is 0.971 bits per heavy atom. The largest absolute Gasteiger partial charge is 0.465 e.